The molecule has 4 nitrogen and oxygen atoms in total. The van der Waals surface area contributed by atoms with Crippen molar-refractivity contribution in [1.82, 2.24) is 4.98 Å². The molecule has 2 rings (SSSR count). The number of carbonyl (C=O) groups is 1. The molecular weight excluding hydrogens is 260 g/mol. The van der Waals surface area contributed by atoms with E-state index in [1.807, 2.05) is 13.0 Å². The second-order valence-corrected chi connectivity index (χ2v) is 3.89. The Balaban J connectivity index is 2.32. The lowest BCUT2D eigenvalue weighted by Crippen LogP contribution is -2.36. The van der Waals surface area contributed by atoms with Gasteiger partial charge in [-0.1, -0.05) is 22.9 Å². The third-order valence-electron chi connectivity index (χ3n) is 2.24. The van der Waals surface area contributed by atoms with Gasteiger partial charge in [0, 0.05) is 11.5 Å². The first kappa shape index (κ1) is 10.4. The molecule has 1 aliphatic heterocycles. The SMILES string of the molecule is CCC1Oc2ncc(CBr)cc2NC1=O. The number of halogens is 1. The maximum absolute atomic E-state index is 11.5. The quantitative estimate of drug-likeness (QED) is 0.838. The van der Waals surface area contributed by atoms with Crippen LogP contribution in [0, 0.1) is 0 Å². The van der Waals surface area contributed by atoms with Crippen LogP contribution in [0.3, 0.4) is 0 Å². The standard InChI is InChI=1S/C10H11BrN2O2/c1-2-8-9(14)13-7-3-6(4-11)5-12-10(7)15-8/h3,5,8H,2,4H2,1H3,(H,13,14). The number of hydrogen-bond donors (Lipinski definition) is 1. The van der Waals surface area contributed by atoms with E-state index in [4.69, 9.17) is 4.74 Å². The minimum atomic E-state index is -0.417. The number of rotatable bonds is 2. The van der Waals surface area contributed by atoms with Crippen LogP contribution in [0.25, 0.3) is 0 Å². The molecule has 1 aromatic rings. The van der Waals surface area contributed by atoms with Crippen LogP contribution in [0.5, 0.6) is 5.88 Å². The summed E-state index contributed by atoms with van der Waals surface area (Å²) in [6.45, 7) is 1.90. The maximum atomic E-state index is 11.5. The van der Waals surface area contributed by atoms with Gasteiger partial charge in [-0.25, -0.2) is 4.98 Å². The van der Waals surface area contributed by atoms with Gasteiger partial charge in [0.05, 0.1) is 0 Å². The predicted molar refractivity (Wildman–Crippen MR) is 60.2 cm³/mol. The lowest BCUT2D eigenvalue weighted by molar-refractivity contribution is -0.123. The smallest absolute Gasteiger partial charge is 0.265 e. The van der Waals surface area contributed by atoms with Crippen molar-refractivity contribution in [2.45, 2.75) is 24.8 Å². The molecule has 1 amide bonds. The van der Waals surface area contributed by atoms with Crippen LogP contribution in [-0.2, 0) is 10.1 Å². The number of ether oxygens (including phenoxy) is 1. The first-order valence-electron chi connectivity index (χ1n) is 4.77. The molecule has 80 valence electrons. The topological polar surface area (TPSA) is 51.2 Å². The Morgan fingerprint density at radius 2 is 2.47 bits per heavy atom. The molecule has 0 radical (unpaired) electrons. The van der Waals surface area contributed by atoms with Gasteiger partial charge in [-0.15, -0.1) is 0 Å². The second kappa shape index (κ2) is 4.18. The van der Waals surface area contributed by atoms with Crippen molar-refractivity contribution in [2.75, 3.05) is 5.32 Å². The summed E-state index contributed by atoms with van der Waals surface area (Å²) in [5.41, 5.74) is 1.66. The van der Waals surface area contributed by atoms with Crippen molar-refractivity contribution in [3.63, 3.8) is 0 Å². The van der Waals surface area contributed by atoms with Gasteiger partial charge in [-0.05, 0) is 18.1 Å². The third-order valence-corrected chi connectivity index (χ3v) is 2.88. The van der Waals surface area contributed by atoms with E-state index >= 15 is 0 Å². The van der Waals surface area contributed by atoms with Gasteiger partial charge in [-0.3, -0.25) is 4.79 Å². The Morgan fingerprint density at radius 3 is 3.13 bits per heavy atom. The largest absolute Gasteiger partial charge is 0.463 e. The first-order valence-corrected chi connectivity index (χ1v) is 5.89. The van der Waals surface area contributed by atoms with E-state index in [0.717, 1.165) is 5.56 Å². The predicted octanol–water partition coefficient (Wildman–Crippen LogP) is 2.09. The molecule has 1 aliphatic rings. The lowest BCUT2D eigenvalue weighted by atomic mass is 10.2. The number of alkyl halides is 1. The molecule has 0 saturated heterocycles. The first-order chi connectivity index (χ1) is 7.24. The van der Waals surface area contributed by atoms with E-state index in [-0.39, 0.29) is 5.91 Å². The van der Waals surface area contributed by atoms with Crippen molar-refractivity contribution in [1.29, 1.82) is 0 Å². The highest BCUT2D eigenvalue weighted by molar-refractivity contribution is 9.08. The van der Waals surface area contributed by atoms with E-state index in [2.05, 4.69) is 26.2 Å². The second-order valence-electron chi connectivity index (χ2n) is 3.33. The fourth-order valence-corrected chi connectivity index (χ4v) is 1.73. The molecular formula is C10H11BrN2O2. The maximum Gasteiger partial charge on any atom is 0.265 e. The van der Waals surface area contributed by atoms with Gasteiger partial charge in [0.1, 0.15) is 5.69 Å². The summed E-state index contributed by atoms with van der Waals surface area (Å²) in [7, 11) is 0. The van der Waals surface area contributed by atoms with Crippen molar-refractivity contribution in [3.8, 4) is 5.88 Å². The van der Waals surface area contributed by atoms with Gasteiger partial charge in [0.25, 0.3) is 5.91 Å². The van der Waals surface area contributed by atoms with E-state index in [0.29, 0.717) is 23.3 Å². The van der Waals surface area contributed by atoms with Gasteiger partial charge in [-0.2, -0.15) is 0 Å². The number of fused-ring (bicyclic) bond motifs is 1. The Bertz CT molecular complexity index is 395. The summed E-state index contributed by atoms with van der Waals surface area (Å²) < 4.78 is 5.45. The van der Waals surface area contributed by atoms with Crippen LogP contribution in [0.15, 0.2) is 12.3 Å². The fraction of sp³-hybridized carbons (Fsp3) is 0.400. The summed E-state index contributed by atoms with van der Waals surface area (Å²) in [4.78, 5) is 15.7. The zero-order valence-electron chi connectivity index (χ0n) is 8.29. The van der Waals surface area contributed by atoms with Crippen LogP contribution in [0.2, 0.25) is 0 Å². The van der Waals surface area contributed by atoms with Gasteiger partial charge < -0.3 is 10.1 Å². The van der Waals surface area contributed by atoms with Crippen molar-refractivity contribution >= 4 is 27.5 Å². The Morgan fingerprint density at radius 1 is 1.67 bits per heavy atom. The molecule has 1 aromatic heterocycles. The van der Waals surface area contributed by atoms with Gasteiger partial charge in [0.15, 0.2) is 6.10 Å². The van der Waals surface area contributed by atoms with Crippen LogP contribution < -0.4 is 10.1 Å². The van der Waals surface area contributed by atoms with Crippen LogP contribution >= 0.6 is 15.9 Å². The monoisotopic (exact) mass is 270 g/mol. The number of hydrogen-bond acceptors (Lipinski definition) is 3. The molecule has 2 heterocycles. The molecule has 5 heteroatoms. The molecule has 1 N–H and O–H groups in total. The highest BCUT2D eigenvalue weighted by Gasteiger charge is 2.26. The molecule has 0 aliphatic carbocycles. The number of pyridine rings is 1. The van der Waals surface area contributed by atoms with E-state index in [9.17, 15) is 4.79 Å². The molecule has 0 aromatic carbocycles. The number of nitrogens with zero attached hydrogens (tertiary/aromatic N) is 1. The van der Waals surface area contributed by atoms with E-state index in [1.165, 1.54) is 0 Å². The van der Waals surface area contributed by atoms with Crippen molar-refractivity contribution < 1.29 is 9.53 Å². The summed E-state index contributed by atoms with van der Waals surface area (Å²) in [5, 5.41) is 3.50. The van der Waals surface area contributed by atoms with Crippen LogP contribution in [-0.4, -0.2) is 17.0 Å². The Labute approximate surface area is 96.2 Å². The average molecular weight is 271 g/mol. The molecule has 0 saturated carbocycles. The number of nitrogens with one attached hydrogen (secondary N) is 1. The molecule has 1 atom stereocenters. The molecule has 0 fully saturated rings. The highest BCUT2D eigenvalue weighted by atomic mass is 79.9. The average Bonchev–Trinajstić information content (AvgIpc) is 2.27. The zero-order valence-corrected chi connectivity index (χ0v) is 9.87. The molecule has 1 unspecified atom stereocenters. The minimum Gasteiger partial charge on any atom is -0.463 e. The molecule has 0 spiro atoms. The summed E-state index contributed by atoms with van der Waals surface area (Å²) in [6.07, 6.45) is 1.96. The minimum absolute atomic E-state index is 0.0986. The Hall–Kier alpha value is -1.10. The molecule has 15 heavy (non-hydrogen) atoms. The lowest BCUT2D eigenvalue weighted by Gasteiger charge is -2.24. The van der Waals surface area contributed by atoms with Crippen molar-refractivity contribution in [2.24, 2.45) is 0 Å². The van der Waals surface area contributed by atoms with E-state index < -0.39 is 6.10 Å². The van der Waals surface area contributed by atoms with Gasteiger partial charge in [0.2, 0.25) is 5.88 Å². The van der Waals surface area contributed by atoms with Gasteiger partial charge >= 0.3 is 0 Å². The fourth-order valence-electron chi connectivity index (χ4n) is 1.42. The molecule has 0 bridgehead atoms. The highest BCUT2D eigenvalue weighted by Crippen LogP contribution is 2.28. The normalized spacial score (nSPS) is 19.1. The van der Waals surface area contributed by atoms with Crippen molar-refractivity contribution in [3.05, 3.63) is 17.8 Å². The summed E-state index contributed by atoms with van der Waals surface area (Å²) >= 11 is 3.33. The van der Waals surface area contributed by atoms with Crippen LogP contribution in [0.1, 0.15) is 18.9 Å². The summed E-state index contributed by atoms with van der Waals surface area (Å²) in [6, 6.07) is 1.86. The van der Waals surface area contributed by atoms with E-state index in [1.54, 1.807) is 6.20 Å². The Kier molecular flexibility index (Phi) is 2.90. The zero-order chi connectivity index (χ0) is 10.8. The number of anilines is 1. The summed E-state index contributed by atoms with van der Waals surface area (Å²) in [5.74, 6) is 0.407. The van der Waals surface area contributed by atoms with Crippen LogP contribution in [0.4, 0.5) is 5.69 Å². The third kappa shape index (κ3) is 1.97. The number of amides is 1. The number of aromatic nitrogens is 1. The number of carbonyl (C=O) groups excluding carboxylic acids is 1.